The maximum atomic E-state index is 11.0. The fourth-order valence-electron chi connectivity index (χ4n) is 5.20. The zero-order chi connectivity index (χ0) is 20.6. The SMILES string of the molecule is O=C(O)c1ccc(C2CCN(CC3(CN[C@H]4C[C@@H]4c4ccccc4)CC3)CC2)cc1. The molecule has 5 rings (SSSR count). The number of rotatable bonds is 8. The lowest BCUT2D eigenvalue weighted by Crippen LogP contribution is -2.40. The molecule has 2 atom stereocenters. The highest BCUT2D eigenvalue weighted by Gasteiger charge is 2.46. The summed E-state index contributed by atoms with van der Waals surface area (Å²) in [5.41, 5.74) is 3.66. The molecule has 2 aromatic rings. The van der Waals surface area contributed by atoms with Gasteiger partial charge in [-0.1, -0.05) is 42.5 Å². The molecule has 1 heterocycles. The minimum Gasteiger partial charge on any atom is -0.478 e. The van der Waals surface area contributed by atoms with Crippen LogP contribution in [0.5, 0.6) is 0 Å². The van der Waals surface area contributed by atoms with Crippen molar-refractivity contribution in [2.24, 2.45) is 5.41 Å². The summed E-state index contributed by atoms with van der Waals surface area (Å²) < 4.78 is 0. The molecule has 2 saturated carbocycles. The third-order valence-corrected chi connectivity index (χ3v) is 7.49. The highest BCUT2D eigenvalue weighted by Crippen LogP contribution is 2.48. The van der Waals surface area contributed by atoms with Crippen molar-refractivity contribution in [1.29, 1.82) is 0 Å². The summed E-state index contributed by atoms with van der Waals surface area (Å²) >= 11 is 0. The topological polar surface area (TPSA) is 52.6 Å². The first-order valence-corrected chi connectivity index (χ1v) is 11.5. The fourth-order valence-corrected chi connectivity index (χ4v) is 5.20. The van der Waals surface area contributed by atoms with Gasteiger partial charge in [-0.25, -0.2) is 4.79 Å². The molecule has 4 heteroatoms. The Morgan fingerprint density at radius 2 is 1.70 bits per heavy atom. The summed E-state index contributed by atoms with van der Waals surface area (Å²) in [6, 6.07) is 19.1. The molecule has 3 aliphatic rings. The van der Waals surface area contributed by atoms with Crippen LogP contribution >= 0.6 is 0 Å². The molecule has 30 heavy (non-hydrogen) atoms. The fraction of sp³-hybridized carbons (Fsp3) is 0.500. The summed E-state index contributed by atoms with van der Waals surface area (Å²) in [7, 11) is 0. The van der Waals surface area contributed by atoms with E-state index >= 15 is 0 Å². The van der Waals surface area contributed by atoms with Crippen LogP contribution in [0.2, 0.25) is 0 Å². The van der Waals surface area contributed by atoms with Crippen molar-refractivity contribution < 1.29 is 9.90 Å². The van der Waals surface area contributed by atoms with Crippen LogP contribution in [-0.4, -0.2) is 48.2 Å². The minimum absolute atomic E-state index is 0.379. The maximum Gasteiger partial charge on any atom is 0.335 e. The van der Waals surface area contributed by atoms with E-state index in [1.807, 2.05) is 12.1 Å². The lowest BCUT2D eigenvalue weighted by Gasteiger charge is -2.35. The summed E-state index contributed by atoms with van der Waals surface area (Å²) in [5, 5.41) is 12.9. The Balaban J connectivity index is 1.07. The standard InChI is InChI=1S/C26H32N2O2/c29-25(30)22-8-6-19(7-9-22)20-10-14-28(15-11-20)18-26(12-13-26)17-27-24-16-23(24)21-4-2-1-3-5-21/h1-9,20,23-24,27H,10-18H2,(H,29,30)/t23-,24+/m1/s1. The van der Waals surface area contributed by atoms with Crippen molar-refractivity contribution in [1.82, 2.24) is 10.2 Å². The Morgan fingerprint density at radius 3 is 2.33 bits per heavy atom. The molecule has 2 aromatic carbocycles. The molecule has 0 amide bonds. The van der Waals surface area contributed by atoms with E-state index in [0.29, 0.717) is 28.9 Å². The van der Waals surface area contributed by atoms with Gasteiger partial charge in [-0.15, -0.1) is 0 Å². The van der Waals surface area contributed by atoms with Crippen molar-refractivity contribution in [2.45, 2.75) is 50.0 Å². The van der Waals surface area contributed by atoms with Gasteiger partial charge < -0.3 is 15.3 Å². The molecule has 0 bridgehead atoms. The molecular formula is C26H32N2O2. The van der Waals surface area contributed by atoms with Gasteiger partial charge in [-0.05, 0) is 79.8 Å². The van der Waals surface area contributed by atoms with E-state index in [4.69, 9.17) is 5.11 Å². The van der Waals surface area contributed by atoms with Gasteiger partial charge in [-0.2, -0.15) is 0 Å². The molecule has 1 aliphatic heterocycles. The van der Waals surface area contributed by atoms with E-state index in [9.17, 15) is 4.79 Å². The van der Waals surface area contributed by atoms with Gasteiger partial charge in [0.1, 0.15) is 0 Å². The molecule has 2 aliphatic carbocycles. The second kappa shape index (κ2) is 8.16. The number of hydrogen-bond donors (Lipinski definition) is 2. The maximum absolute atomic E-state index is 11.0. The van der Waals surface area contributed by atoms with E-state index in [1.165, 1.54) is 49.8 Å². The number of nitrogens with zero attached hydrogens (tertiary/aromatic N) is 1. The normalized spacial score (nSPS) is 25.7. The predicted octanol–water partition coefficient (Wildman–Crippen LogP) is 4.49. The van der Waals surface area contributed by atoms with Crippen LogP contribution in [0.1, 0.15) is 65.4 Å². The van der Waals surface area contributed by atoms with E-state index in [2.05, 4.69) is 40.5 Å². The number of nitrogens with one attached hydrogen (secondary N) is 1. The first-order valence-electron chi connectivity index (χ1n) is 11.5. The molecule has 0 radical (unpaired) electrons. The molecule has 0 unspecified atom stereocenters. The second-order valence-corrected chi connectivity index (χ2v) is 9.72. The van der Waals surface area contributed by atoms with Gasteiger partial charge in [0, 0.05) is 25.0 Å². The quantitative estimate of drug-likeness (QED) is 0.681. The Morgan fingerprint density at radius 1 is 1.00 bits per heavy atom. The third kappa shape index (κ3) is 4.45. The first kappa shape index (κ1) is 19.8. The number of benzene rings is 2. The molecule has 1 saturated heterocycles. The minimum atomic E-state index is -0.846. The van der Waals surface area contributed by atoms with E-state index in [0.717, 1.165) is 19.6 Å². The molecule has 0 spiro atoms. The van der Waals surface area contributed by atoms with Crippen LogP contribution < -0.4 is 5.32 Å². The van der Waals surface area contributed by atoms with Gasteiger partial charge in [0.25, 0.3) is 0 Å². The Hall–Kier alpha value is -2.17. The number of carboxylic acid groups (broad SMARTS) is 1. The molecule has 0 aromatic heterocycles. The van der Waals surface area contributed by atoms with Crippen molar-refractivity contribution in [3.63, 3.8) is 0 Å². The van der Waals surface area contributed by atoms with Crippen molar-refractivity contribution >= 4 is 5.97 Å². The summed E-state index contributed by atoms with van der Waals surface area (Å²) in [6.45, 7) is 4.71. The van der Waals surface area contributed by atoms with Crippen LogP contribution in [0.4, 0.5) is 0 Å². The van der Waals surface area contributed by atoms with Crippen molar-refractivity contribution in [3.8, 4) is 0 Å². The average Bonchev–Trinajstić information content (AvgIpc) is 3.70. The van der Waals surface area contributed by atoms with Crippen LogP contribution in [0, 0.1) is 5.41 Å². The number of likely N-dealkylation sites (tertiary alicyclic amines) is 1. The first-order chi connectivity index (χ1) is 14.6. The highest BCUT2D eigenvalue weighted by atomic mass is 16.4. The van der Waals surface area contributed by atoms with E-state index < -0.39 is 5.97 Å². The van der Waals surface area contributed by atoms with Crippen LogP contribution in [0.3, 0.4) is 0 Å². The van der Waals surface area contributed by atoms with Crippen LogP contribution in [-0.2, 0) is 0 Å². The van der Waals surface area contributed by atoms with Crippen molar-refractivity contribution in [2.75, 3.05) is 26.2 Å². The van der Waals surface area contributed by atoms with Gasteiger partial charge >= 0.3 is 5.97 Å². The van der Waals surface area contributed by atoms with Gasteiger partial charge in [0.15, 0.2) is 0 Å². The largest absolute Gasteiger partial charge is 0.478 e. The molecule has 3 fully saturated rings. The predicted molar refractivity (Wildman–Crippen MR) is 119 cm³/mol. The number of aromatic carboxylic acids is 1. The zero-order valence-electron chi connectivity index (χ0n) is 17.6. The highest BCUT2D eigenvalue weighted by molar-refractivity contribution is 5.87. The van der Waals surface area contributed by atoms with Crippen LogP contribution in [0.25, 0.3) is 0 Å². The average molecular weight is 405 g/mol. The van der Waals surface area contributed by atoms with E-state index in [1.54, 1.807) is 12.1 Å². The summed E-state index contributed by atoms with van der Waals surface area (Å²) in [6.07, 6.45) is 6.36. The van der Waals surface area contributed by atoms with Crippen LogP contribution in [0.15, 0.2) is 54.6 Å². The molecular weight excluding hydrogens is 372 g/mol. The molecule has 2 N–H and O–H groups in total. The Bertz CT molecular complexity index is 868. The number of carbonyl (C=O) groups is 1. The zero-order valence-corrected chi connectivity index (χ0v) is 17.6. The Labute approximate surface area is 179 Å². The van der Waals surface area contributed by atoms with Gasteiger partial charge in [-0.3, -0.25) is 0 Å². The van der Waals surface area contributed by atoms with Gasteiger partial charge in [0.2, 0.25) is 0 Å². The smallest absolute Gasteiger partial charge is 0.335 e. The Kier molecular flexibility index (Phi) is 5.38. The van der Waals surface area contributed by atoms with Crippen molar-refractivity contribution in [3.05, 3.63) is 71.3 Å². The monoisotopic (exact) mass is 404 g/mol. The third-order valence-electron chi connectivity index (χ3n) is 7.49. The lowest BCUT2D eigenvalue weighted by molar-refractivity contribution is 0.0697. The van der Waals surface area contributed by atoms with E-state index in [-0.39, 0.29) is 0 Å². The number of piperidine rings is 1. The molecule has 4 nitrogen and oxygen atoms in total. The lowest BCUT2D eigenvalue weighted by atomic mass is 9.88. The van der Waals surface area contributed by atoms with Gasteiger partial charge in [0.05, 0.1) is 5.56 Å². The summed E-state index contributed by atoms with van der Waals surface area (Å²) in [4.78, 5) is 13.7. The number of hydrogen-bond acceptors (Lipinski definition) is 3. The summed E-state index contributed by atoms with van der Waals surface area (Å²) in [5.74, 6) is 0.432. The molecule has 158 valence electrons. The second-order valence-electron chi connectivity index (χ2n) is 9.72. The number of carboxylic acids is 1.